The largest absolute Gasteiger partial charge is 0.422 e. The molecule has 0 saturated carbocycles. The zero-order chi connectivity index (χ0) is 16.8. The molecule has 3 atom stereocenters. The summed E-state index contributed by atoms with van der Waals surface area (Å²) in [5.41, 5.74) is 0.438. The van der Waals surface area contributed by atoms with Gasteiger partial charge in [-0.15, -0.1) is 0 Å². The molecule has 0 spiro atoms. The van der Waals surface area contributed by atoms with Gasteiger partial charge in [-0.25, -0.2) is 13.2 Å². The van der Waals surface area contributed by atoms with Crippen LogP contribution in [0.25, 0.3) is 0 Å². The molecule has 22 heavy (non-hydrogen) atoms. The maximum Gasteiger partial charge on any atom is 0.422 e. The minimum Gasteiger partial charge on any atom is -0.282 e. The smallest absolute Gasteiger partial charge is 0.282 e. The molecule has 0 amide bonds. The fourth-order valence-corrected chi connectivity index (χ4v) is 2.42. The Morgan fingerprint density at radius 2 is 1.68 bits per heavy atom. The van der Waals surface area contributed by atoms with E-state index < -0.39 is 31.1 Å². The van der Waals surface area contributed by atoms with Crippen molar-refractivity contribution in [2.75, 3.05) is 5.75 Å². The molecule has 3 unspecified atom stereocenters. The van der Waals surface area contributed by atoms with Crippen molar-refractivity contribution in [3.8, 4) is 0 Å². The summed E-state index contributed by atoms with van der Waals surface area (Å²) in [7, 11) is 0. The van der Waals surface area contributed by atoms with Gasteiger partial charge in [0.25, 0.3) is 0 Å². The van der Waals surface area contributed by atoms with Gasteiger partial charge in [-0.1, -0.05) is 42.1 Å². The van der Waals surface area contributed by atoms with E-state index >= 15 is 0 Å². The van der Waals surface area contributed by atoms with E-state index in [1.165, 1.54) is 0 Å². The molecule has 1 aromatic carbocycles. The third-order valence-electron chi connectivity index (χ3n) is 2.80. The van der Waals surface area contributed by atoms with Crippen LogP contribution in [0, 0.1) is 0 Å². The van der Waals surface area contributed by atoms with Gasteiger partial charge in [0.1, 0.15) is 6.17 Å². The number of hydrogen-bond acceptors (Lipinski definition) is 2. The normalized spacial score (nSPS) is 16.1. The predicted molar refractivity (Wildman–Crippen MR) is 73.2 cm³/mol. The predicted octanol–water partition coefficient (Wildman–Crippen LogP) is 4.92. The Balaban J connectivity index is 2.31. The van der Waals surface area contributed by atoms with Gasteiger partial charge in [-0.3, -0.25) is 4.79 Å². The van der Waals surface area contributed by atoms with Gasteiger partial charge < -0.3 is 0 Å². The molecule has 0 aliphatic rings. The van der Waals surface area contributed by atoms with Crippen LogP contribution in [-0.2, 0) is 0 Å². The lowest BCUT2D eigenvalue weighted by Crippen LogP contribution is -2.39. The Labute approximate surface area is 128 Å². The number of hydrogen-bond donors (Lipinski definition) is 0. The van der Waals surface area contributed by atoms with Gasteiger partial charge in [0.15, 0.2) is 6.17 Å². The highest BCUT2D eigenvalue weighted by Gasteiger charge is 2.48. The van der Waals surface area contributed by atoms with Gasteiger partial charge in [0, 0.05) is 11.3 Å². The third kappa shape index (κ3) is 5.90. The molecular formula is C14H14F6OS. The number of carbonyl (C=O) groups excluding carboxylic acids is 1. The molecule has 0 radical (unpaired) electrons. The van der Waals surface area contributed by atoms with Gasteiger partial charge >= 0.3 is 6.18 Å². The van der Waals surface area contributed by atoms with Crippen molar-refractivity contribution in [1.82, 2.24) is 0 Å². The molecule has 1 aromatic rings. The van der Waals surface area contributed by atoms with E-state index in [0.717, 1.165) is 11.8 Å². The molecule has 124 valence electrons. The third-order valence-corrected chi connectivity index (χ3v) is 3.80. The van der Waals surface area contributed by atoms with E-state index in [1.807, 2.05) is 0 Å². The van der Waals surface area contributed by atoms with Crippen molar-refractivity contribution in [2.45, 2.75) is 37.5 Å². The fourth-order valence-electron chi connectivity index (χ4n) is 1.62. The van der Waals surface area contributed by atoms with Crippen molar-refractivity contribution in [3.63, 3.8) is 0 Å². The minimum atomic E-state index is -5.41. The first-order valence-corrected chi connectivity index (χ1v) is 7.43. The minimum absolute atomic E-state index is 0.0323. The first-order chi connectivity index (χ1) is 10.2. The van der Waals surface area contributed by atoms with E-state index in [0.29, 0.717) is 5.56 Å². The highest BCUT2D eigenvalue weighted by molar-refractivity contribution is 8.14. The summed E-state index contributed by atoms with van der Waals surface area (Å²) in [6, 6.07) is 8.23. The Hall–Kier alpha value is -1.18. The summed E-state index contributed by atoms with van der Waals surface area (Å²) in [5, 5.41) is -0.272. The van der Waals surface area contributed by atoms with Crippen LogP contribution >= 0.6 is 11.8 Å². The number of carbonyl (C=O) groups is 1. The van der Waals surface area contributed by atoms with Gasteiger partial charge in [-0.05, 0) is 12.8 Å². The molecule has 0 aliphatic carbocycles. The van der Waals surface area contributed by atoms with Crippen LogP contribution in [-0.4, -0.2) is 35.6 Å². The monoisotopic (exact) mass is 344 g/mol. The van der Waals surface area contributed by atoms with Crippen molar-refractivity contribution in [3.05, 3.63) is 35.9 Å². The molecule has 1 rings (SSSR count). The quantitative estimate of drug-likeness (QED) is 0.516. The lowest BCUT2D eigenvalue weighted by molar-refractivity contribution is -0.202. The van der Waals surface area contributed by atoms with Crippen LogP contribution in [0.5, 0.6) is 0 Å². The van der Waals surface area contributed by atoms with Crippen LogP contribution < -0.4 is 0 Å². The van der Waals surface area contributed by atoms with Crippen LogP contribution in [0.1, 0.15) is 23.2 Å². The molecule has 0 bridgehead atoms. The molecule has 0 aromatic heterocycles. The van der Waals surface area contributed by atoms with Crippen LogP contribution in [0.4, 0.5) is 26.3 Å². The number of rotatable bonds is 7. The average molecular weight is 344 g/mol. The van der Waals surface area contributed by atoms with E-state index in [2.05, 4.69) is 0 Å². The van der Waals surface area contributed by atoms with E-state index in [4.69, 9.17) is 0 Å². The summed E-state index contributed by atoms with van der Waals surface area (Å²) >= 11 is 0.853. The lowest BCUT2D eigenvalue weighted by atomic mass is 10.1. The number of benzene rings is 1. The molecule has 0 N–H and O–H groups in total. The summed E-state index contributed by atoms with van der Waals surface area (Å²) < 4.78 is 74.6. The van der Waals surface area contributed by atoms with E-state index in [-0.39, 0.29) is 17.3 Å². The second-order valence-electron chi connectivity index (χ2n) is 4.55. The van der Waals surface area contributed by atoms with E-state index in [9.17, 15) is 31.1 Å². The van der Waals surface area contributed by atoms with Crippen LogP contribution in [0.15, 0.2) is 30.3 Å². The Morgan fingerprint density at radius 3 is 2.23 bits per heavy atom. The average Bonchev–Trinajstić information content (AvgIpc) is 2.49. The SMILES string of the molecule is O=C(SCCCC(F)C(F)C(F)C(F)(F)F)c1ccccc1. The number of alkyl halides is 6. The first kappa shape index (κ1) is 18.9. The van der Waals surface area contributed by atoms with Crippen molar-refractivity contribution in [2.24, 2.45) is 0 Å². The maximum absolute atomic E-state index is 13.2. The van der Waals surface area contributed by atoms with Crippen LogP contribution in [0.3, 0.4) is 0 Å². The topological polar surface area (TPSA) is 17.1 Å². The first-order valence-electron chi connectivity index (χ1n) is 6.44. The van der Waals surface area contributed by atoms with Crippen molar-refractivity contribution in [1.29, 1.82) is 0 Å². The maximum atomic E-state index is 13.2. The summed E-state index contributed by atoms with van der Waals surface area (Å²) in [6.07, 6.45) is -15.6. The standard InChI is InChI=1S/C14H14F6OS/c15-10(11(16)12(17)14(18,19)20)7-4-8-22-13(21)9-5-2-1-3-6-9/h1-3,5-6,10-12H,4,7-8H2. The highest BCUT2D eigenvalue weighted by Crippen LogP contribution is 2.30. The molecule has 8 heteroatoms. The fraction of sp³-hybridized carbons (Fsp3) is 0.500. The Bertz CT molecular complexity index is 464. The zero-order valence-electron chi connectivity index (χ0n) is 11.3. The summed E-state index contributed by atoms with van der Waals surface area (Å²) in [5.74, 6) is 0.115. The molecule has 0 heterocycles. The number of halogens is 6. The van der Waals surface area contributed by atoms with Crippen LogP contribution in [0.2, 0.25) is 0 Å². The number of thioether (sulfide) groups is 1. The van der Waals surface area contributed by atoms with Crippen molar-refractivity contribution >= 4 is 16.9 Å². The molecular weight excluding hydrogens is 330 g/mol. The molecule has 0 fully saturated rings. The molecule has 0 aliphatic heterocycles. The van der Waals surface area contributed by atoms with Gasteiger partial charge in [-0.2, -0.15) is 13.2 Å². The molecule has 0 saturated heterocycles. The second kappa shape index (κ2) is 8.45. The Kier molecular flexibility index (Phi) is 7.25. The van der Waals surface area contributed by atoms with E-state index in [1.54, 1.807) is 30.3 Å². The second-order valence-corrected chi connectivity index (χ2v) is 5.62. The highest BCUT2D eigenvalue weighted by atomic mass is 32.2. The zero-order valence-corrected chi connectivity index (χ0v) is 12.1. The lowest BCUT2D eigenvalue weighted by Gasteiger charge is -2.19. The summed E-state index contributed by atoms with van der Waals surface area (Å²) in [4.78, 5) is 11.6. The van der Waals surface area contributed by atoms with Crippen molar-refractivity contribution < 1.29 is 31.1 Å². The van der Waals surface area contributed by atoms with Gasteiger partial charge in [0.05, 0.1) is 0 Å². The van der Waals surface area contributed by atoms with Gasteiger partial charge in [0.2, 0.25) is 11.3 Å². The summed E-state index contributed by atoms with van der Waals surface area (Å²) in [6.45, 7) is 0. The Morgan fingerprint density at radius 1 is 1.09 bits per heavy atom. The molecule has 1 nitrogen and oxygen atoms in total.